The summed E-state index contributed by atoms with van der Waals surface area (Å²) in [6.45, 7) is 6.51. The van der Waals surface area contributed by atoms with E-state index in [1.54, 1.807) is 11.0 Å². The lowest BCUT2D eigenvalue weighted by Crippen LogP contribution is -3.13. The molecule has 0 spiro atoms. The molecule has 10 heteroatoms. The van der Waals surface area contributed by atoms with E-state index in [2.05, 4.69) is 60.5 Å². The Hall–Kier alpha value is -2.52. The van der Waals surface area contributed by atoms with Gasteiger partial charge in [-0.15, -0.1) is 5.10 Å². The van der Waals surface area contributed by atoms with Crippen LogP contribution in [0.15, 0.2) is 36.9 Å². The highest BCUT2D eigenvalue weighted by atomic mass is 35.5. The number of quaternary nitrogens is 1. The lowest BCUT2D eigenvalue weighted by Gasteiger charge is -2.39. The van der Waals surface area contributed by atoms with Crippen molar-refractivity contribution in [2.45, 2.75) is 64.3 Å². The molecule has 2 heterocycles. The molecule has 32 heavy (non-hydrogen) atoms. The highest BCUT2D eigenvalue weighted by molar-refractivity contribution is 6.30. The zero-order valence-electron chi connectivity index (χ0n) is 19.4. The van der Waals surface area contributed by atoms with Crippen LogP contribution in [0.4, 0.5) is 0 Å². The molecule has 2 atom stereocenters. The topological polar surface area (TPSA) is 88.0 Å². The molecule has 2 aromatic heterocycles. The summed E-state index contributed by atoms with van der Waals surface area (Å²) in [6.07, 6.45) is 7.12. The fourth-order valence-corrected chi connectivity index (χ4v) is 4.93. The zero-order chi connectivity index (χ0) is 22.9. The van der Waals surface area contributed by atoms with Crippen molar-refractivity contribution in [3.63, 3.8) is 0 Å². The molecule has 1 saturated carbocycles. The average Bonchev–Trinajstić information content (AvgIpc) is 3.49. The second kappa shape index (κ2) is 8.78. The Balaban J connectivity index is 1.83. The van der Waals surface area contributed by atoms with Gasteiger partial charge in [-0.3, -0.25) is 0 Å². The highest BCUT2D eigenvalue weighted by Crippen LogP contribution is 2.43. The first-order valence-corrected chi connectivity index (χ1v) is 11.5. The smallest absolute Gasteiger partial charge is 0.215 e. The number of benzene rings is 1. The van der Waals surface area contributed by atoms with Gasteiger partial charge in [0.15, 0.2) is 5.54 Å². The number of ether oxygens (including phenoxy) is 1. The summed E-state index contributed by atoms with van der Waals surface area (Å²) in [7, 11) is 4.38. The van der Waals surface area contributed by atoms with E-state index in [4.69, 9.17) is 16.3 Å². The molecule has 0 radical (unpaired) electrons. The number of hydrogen-bond acceptors (Lipinski definition) is 6. The van der Waals surface area contributed by atoms with E-state index in [1.807, 2.05) is 28.9 Å². The minimum Gasteiger partial charge on any atom is -0.466 e. The van der Waals surface area contributed by atoms with Gasteiger partial charge in [-0.05, 0) is 52.9 Å². The molecule has 0 saturated heterocycles. The van der Waals surface area contributed by atoms with Crippen molar-refractivity contribution >= 4 is 11.6 Å². The number of tetrazole rings is 1. The van der Waals surface area contributed by atoms with Crippen LogP contribution in [0.3, 0.4) is 0 Å². The molecule has 0 aliphatic heterocycles. The number of nitrogens with one attached hydrogen (secondary N) is 1. The van der Waals surface area contributed by atoms with Crippen LogP contribution in [0.1, 0.15) is 64.5 Å². The quantitative estimate of drug-likeness (QED) is 0.584. The van der Waals surface area contributed by atoms with Crippen molar-refractivity contribution in [1.82, 2.24) is 35.0 Å². The maximum atomic E-state index is 6.52. The fourth-order valence-electron chi connectivity index (χ4n) is 4.80. The first-order valence-electron chi connectivity index (χ1n) is 11.1. The van der Waals surface area contributed by atoms with E-state index in [9.17, 15) is 0 Å². The maximum Gasteiger partial charge on any atom is 0.215 e. The second-order valence-corrected chi connectivity index (χ2v) is 10.3. The Morgan fingerprint density at radius 3 is 2.38 bits per heavy atom. The number of hydrogen-bond donors (Lipinski definition) is 1. The summed E-state index contributed by atoms with van der Waals surface area (Å²) in [4.78, 5) is 5.51. The Bertz CT molecular complexity index is 1000. The van der Waals surface area contributed by atoms with Crippen LogP contribution in [-0.4, -0.2) is 49.1 Å². The van der Waals surface area contributed by atoms with Crippen LogP contribution < -0.4 is 9.64 Å². The van der Waals surface area contributed by atoms with Gasteiger partial charge in [0, 0.05) is 17.9 Å². The zero-order valence-corrected chi connectivity index (χ0v) is 20.1. The minimum absolute atomic E-state index is 0.125. The minimum atomic E-state index is -0.517. The molecule has 1 aliphatic carbocycles. The Morgan fingerprint density at radius 1 is 1.12 bits per heavy atom. The van der Waals surface area contributed by atoms with Crippen LogP contribution in [-0.2, 0) is 5.54 Å². The van der Waals surface area contributed by atoms with E-state index < -0.39 is 6.23 Å². The van der Waals surface area contributed by atoms with Gasteiger partial charge < -0.3 is 9.64 Å². The van der Waals surface area contributed by atoms with Gasteiger partial charge in [-0.2, -0.15) is 5.10 Å². The van der Waals surface area contributed by atoms with Crippen LogP contribution in [0, 0.1) is 5.41 Å². The molecule has 0 amide bonds. The van der Waals surface area contributed by atoms with Crippen molar-refractivity contribution in [2.75, 3.05) is 14.1 Å². The molecule has 1 N–H and O–H groups in total. The van der Waals surface area contributed by atoms with Crippen LogP contribution in [0.2, 0.25) is 5.02 Å². The van der Waals surface area contributed by atoms with Crippen LogP contribution >= 0.6 is 11.6 Å². The molecule has 4 rings (SSSR count). The van der Waals surface area contributed by atoms with Gasteiger partial charge in [0.2, 0.25) is 12.1 Å². The number of halogens is 1. The third-order valence-corrected chi connectivity index (χ3v) is 6.78. The summed E-state index contributed by atoms with van der Waals surface area (Å²) in [5, 5.41) is 18.3. The predicted octanol–water partition coefficient (Wildman–Crippen LogP) is 2.70. The molecule has 9 nitrogen and oxygen atoms in total. The largest absolute Gasteiger partial charge is 0.466 e. The Labute approximate surface area is 193 Å². The monoisotopic (exact) mass is 459 g/mol. The van der Waals surface area contributed by atoms with Crippen molar-refractivity contribution in [2.24, 2.45) is 5.41 Å². The lowest BCUT2D eigenvalue weighted by molar-refractivity contribution is -0.924. The van der Waals surface area contributed by atoms with Gasteiger partial charge in [0.1, 0.15) is 24.4 Å². The van der Waals surface area contributed by atoms with E-state index in [-0.39, 0.29) is 17.0 Å². The summed E-state index contributed by atoms with van der Waals surface area (Å²) < 4.78 is 10.2. The van der Waals surface area contributed by atoms with E-state index in [0.29, 0.717) is 10.8 Å². The maximum absolute atomic E-state index is 6.52. The van der Waals surface area contributed by atoms with E-state index in [1.165, 1.54) is 24.1 Å². The lowest BCUT2D eigenvalue weighted by atomic mass is 9.84. The standard InChI is InChI=1S/C22H31ClN8O/c1-21(2,3)18(31-20(26-27-28-31)22(29(4)5)12-6-7-13-22)19(30-15-24-14-25-30)32-17-10-8-16(23)9-11-17/h8-11,14-15,18-19H,6-7,12-13H2,1-5H3/p+1/t18-,19+/m1/s1. The molecule has 1 aliphatic rings. The first-order chi connectivity index (χ1) is 15.2. The van der Waals surface area contributed by atoms with Crippen molar-refractivity contribution in [1.29, 1.82) is 0 Å². The summed E-state index contributed by atoms with van der Waals surface area (Å²) in [5.74, 6) is 1.59. The van der Waals surface area contributed by atoms with E-state index >= 15 is 0 Å². The van der Waals surface area contributed by atoms with Crippen molar-refractivity contribution in [3.8, 4) is 5.75 Å². The van der Waals surface area contributed by atoms with Gasteiger partial charge in [0.05, 0.1) is 14.1 Å². The Kier molecular flexibility index (Phi) is 6.22. The predicted molar refractivity (Wildman–Crippen MR) is 120 cm³/mol. The van der Waals surface area contributed by atoms with Gasteiger partial charge in [-0.1, -0.05) is 32.4 Å². The normalized spacial score (nSPS) is 18.1. The molecule has 172 valence electrons. The Morgan fingerprint density at radius 2 is 1.81 bits per heavy atom. The van der Waals surface area contributed by atoms with Gasteiger partial charge in [0.25, 0.3) is 0 Å². The third-order valence-electron chi connectivity index (χ3n) is 6.52. The summed E-state index contributed by atoms with van der Waals surface area (Å²) >= 11 is 6.09. The summed E-state index contributed by atoms with van der Waals surface area (Å²) in [6, 6.07) is 7.09. The first kappa shape index (κ1) is 22.7. The van der Waals surface area contributed by atoms with Crippen molar-refractivity contribution in [3.05, 3.63) is 47.8 Å². The number of rotatable bonds is 7. The second-order valence-electron chi connectivity index (χ2n) is 9.88. The van der Waals surface area contributed by atoms with Gasteiger partial charge in [-0.25, -0.2) is 14.3 Å². The number of aromatic nitrogens is 7. The molecular weight excluding hydrogens is 428 g/mol. The molecule has 0 bridgehead atoms. The molecule has 0 unspecified atom stereocenters. The third kappa shape index (κ3) is 4.23. The van der Waals surface area contributed by atoms with E-state index in [0.717, 1.165) is 18.7 Å². The molecular formula is C22H32ClN8O+. The fraction of sp³-hybridized carbons (Fsp3) is 0.591. The highest BCUT2D eigenvalue weighted by Gasteiger charge is 2.50. The number of nitrogens with zero attached hydrogens (tertiary/aromatic N) is 7. The van der Waals surface area contributed by atoms with Crippen LogP contribution in [0.5, 0.6) is 5.75 Å². The molecule has 3 aromatic rings. The average molecular weight is 460 g/mol. The SMILES string of the molecule is C[NH+](C)C1(c2nnnn2[C@H]([C@H](Oc2ccc(Cl)cc2)n2cncn2)C(C)(C)C)CCCC1. The summed E-state index contributed by atoms with van der Waals surface area (Å²) in [5.41, 5.74) is -0.380. The molecule has 1 aromatic carbocycles. The van der Waals surface area contributed by atoms with Crippen molar-refractivity contribution < 1.29 is 9.64 Å². The van der Waals surface area contributed by atoms with Crippen LogP contribution in [0.25, 0.3) is 0 Å². The van der Waals surface area contributed by atoms with Gasteiger partial charge >= 0.3 is 0 Å². The molecule has 1 fully saturated rings.